The number of carbonyl (C=O) groups excluding carboxylic acids is 2. The van der Waals surface area contributed by atoms with Gasteiger partial charge in [-0.2, -0.15) is 0 Å². The van der Waals surface area contributed by atoms with E-state index in [4.69, 9.17) is 9.47 Å². The highest BCUT2D eigenvalue weighted by atomic mass is 16.5. The van der Waals surface area contributed by atoms with E-state index < -0.39 is 0 Å². The van der Waals surface area contributed by atoms with Crippen LogP contribution in [0.3, 0.4) is 0 Å². The van der Waals surface area contributed by atoms with Crippen LogP contribution in [-0.4, -0.2) is 25.2 Å². The molecule has 0 unspecified atom stereocenters. The molecule has 0 spiro atoms. The Balaban J connectivity index is 3.32. The van der Waals surface area contributed by atoms with E-state index in [2.05, 4.69) is 6.58 Å². The topological polar surface area (TPSA) is 52.6 Å². The van der Waals surface area contributed by atoms with Crippen molar-refractivity contribution in [2.45, 2.75) is 45.4 Å². The van der Waals surface area contributed by atoms with Crippen molar-refractivity contribution < 1.29 is 19.1 Å². The normalized spacial score (nSPS) is 9.71. The van der Waals surface area contributed by atoms with Crippen LogP contribution in [0.1, 0.15) is 45.4 Å². The molecule has 0 radical (unpaired) electrons. The van der Waals surface area contributed by atoms with Gasteiger partial charge in [-0.25, -0.2) is 0 Å². The number of allylic oxidation sites excluding steroid dienone is 1. The minimum Gasteiger partial charge on any atom is -0.466 e. The lowest BCUT2D eigenvalue weighted by molar-refractivity contribution is -0.145. The Labute approximate surface area is 103 Å². The first kappa shape index (κ1) is 15.7. The molecule has 0 bridgehead atoms. The number of unbranched alkanes of at least 4 members (excludes halogenated alkanes) is 2. The predicted octanol–water partition coefficient (Wildman–Crippen LogP) is 2.62. The molecule has 4 heteroatoms. The van der Waals surface area contributed by atoms with Crippen LogP contribution in [-0.2, 0) is 19.1 Å². The molecule has 17 heavy (non-hydrogen) atoms. The quantitative estimate of drug-likeness (QED) is 0.336. The molecule has 0 aromatic heterocycles. The molecular weight excluding hydrogens is 220 g/mol. The Morgan fingerprint density at radius 2 is 1.65 bits per heavy atom. The van der Waals surface area contributed by atoms with Gasteiger partial charge in [0.05, 0.1) is 13.2 Å². The summed E-state index contributed by atoms with van der Waals surface area (Å²) in [6.45, 7) is 6.22. The van der Waals surface area contributed by atoms with Crippen molar-refractivity contribution in [2.24, 2.45) is 0 Å². The molecule has 0 amide bonds. The Morgan fingerprint density at radius 1 is 1.06 bits per heavy atom. The third kappa shape index (κ3) is 11.0. The number of hydrogen-bond acceptors (Lipinski definition) is 4. The van der Waals surface area contributed by atoms with Gasteiger partial charge in [-0.3, -0.25) is 9.59 Å². The Hall–Kier alpha value is -1.32. The molecule has 0 heterocycles. The summed E-state index contributed by atoms with van der Waals surface area (Å²) in [4.78, 5) is 22.2. The van der Waals surface area contributed by atoms with E-state index in [0.29, 0.717) is 38.9 Å². The molecule has 0 aliphatic rings. The van der Waals surface area contributed by atoms with Crippen LogP contribution in [0.2, 0.25) is 0 Å². The van der Waals surface area contributed by atoms with Gasteiger partial charge in [-0.15, -0.1) is 6.58 Å². The van der Waals surface area contributed by atoms with Gasteiger partial charge in [0.25, 0.3) is 0 Å². The molecule has 0 aromatic rings. The van der Waals surface area contributed by atoms with Gasteiger partial charge < -0.3 is 9.47 Å². The zero-order valence-corrected chi connectivity index (χ0v) is 10.6. The lowest BCUT2D eigenvalue weighted by atomic mass is 10.2. The number of rotatable bonds is 10. The molecule has 0 rings (SSSR count). The zero-order chi connectivity index (χ0) is 12.9. The first-order chi connectivity index (χ1) is 8.20. The maximum Gasteiger partial charge on any atom is 0.305 e. The average Bonchev–Trinajstić information content (AvgIpc) is 2.31. The molecule has 0 fully saturated rings. The second-order valence-electron chi connectivity index (χ2n) is 3.66. The smallest absolute Gasteiger partial charge is 0.305 e. The van der Waals surface area contributed by atoms with Gasteiger partial charge in [0, 0.05) is 12.8 Å². The highest BCUT2D eigenvalue weighted by molar-refractivity contribution is 5.70. The van der Waals surface area contributed by atoms with E-state index in [1.165, 1.54) is 0 Å². The van der Waals surface area contributed by atoms with Crippen molar-refractivity contribution >= 4 is 11.9 Å². The van der Waals surface area contributed by atoms with Crippen molar-refractivity contribution in [1.82, 2.24) is 0 Å². The van der Waals surface area contributed by atoms with E-state index in [9.17, 15) is 9.59 Å². The third-order valence-electron chi connectivity index (χ3n) is 2.13. The van der Waals surface area contributed by atoms with Crippen molar-refractivity contribution in [1.29, 1.82) is 0 Å². The standard InChI is InChI=1S/C13H22O4/c1-3-5-8-11-17-13(15)10-7-6-9-12(14)16-4-2/h3H,1,4-11H2,2H3. The molecule has 0 aliphatic carbocycles. The summed E-state index contributed by atoms with van der Waals surface area (Å²) in [7, 11) is 0. The van der Waals surface area contributed by atoms with E-state index in [1.807, 2.05) is 0 Å². The molecule has 98 valence electrons. The van der Waals surface area contributed by atoms with Crippen LogP contribution in [0, 0.1) is 0 Å². The number of hydrogen-bond donors (Lipinski definition) is 0. The van der Waals surface area contributed by atoms with E-state index in [1.54, 1.807) is 13.0 Å². The van der Waals surface area contributed by atoms with E-state index >= 15 is 0 Å². The second-order valence-corrected chi connectivity index (χ2v) is 3.66. The van der Waals surface area contributed by atoms with Gasteiger partial charge in [0.1, 0.15) is 0 Å². The minimum absolute atomic E-state index is 0.196. The third-order valence-corrected chi connectivity index (χ3v) is 2.13. The summed E-state index contributed by atoms with van der Waals surface area (Å²) in [5.41, 5.74) is 0. The van der Waals surface area contributed by atoms with Gasteiger partial charge in [-0.1, -0.05) is 6.08 Å². The van der Waals surface area contributed by atoms with Gasteiger partial charge in [0.2, 0.25) is 0 Å². The fourth-order valence-corrected chi connectivity index (χ4v) is 1.26. The first-order valence-electron chi connectivity index (χ1n) is 6.12. The fraction of sp³-hybridized carbons (Fsp3) is 0.692. The molecule has 0 saturated heterocycles. The molecule has 0 N–H and O–H groups in total. The summed E-state index contributed by atoms with van der Waals surface area (Å²) in [5, 5.41) is 0. The van der Waals surface area contributed by atoms with Crippen molar-refractivity contribution in [3.63, 3.8) is 0 Å². The number of carbonyl (C=O) groups is 2. The maximum atomic E-state index is 11.2. The van der Waals surface area contributed by atoms with Crippen molar-refractivity contribution in [3.05, 3.63) is 12.7 Å². The fourth-order valence-electron chi connectivity index (χ4n) is 1.26. The lowest BCUT2D eigenvalue weighted by Crippen LogP contribution is -2.07. The SMILES string of the molecule is C=CCCCOC(=O)CCCCC(=O)OCC. The van der Waals surface area contributed by atoms with Gasteiger partial charge in [-0.05, 0) is 32.6 Å². The molecule has 4 nitrogen and oxygen atoms in total. The van der Waals surface area contributed by atoms with Crippen LogP contribution in [0.15, 0.2) is 12.7 Å². The van der Waals surface area contributed by atoms with Crippen LogP contribution in [0.5, 0.6) is 0 Å². The first-order valence-corrected chi connectivity index (χ1v) is 6.12. The van der Waals surface area contributed by atoms with Crippen LogP contribution < -0.4 is 0 Å². The molecule has 0 aromatic carbocycles. The maximum absolute atomic E-state index is 11.2. The van der Waals surface area contributed by atoms with Crippen LogP contribution >= 0.6 is 0 Å². The summed E-state index contributed by atoms with van der Waals surface area (Å²) < 4.78 is 9.77. The number of esters is 2. The highest BCUT2D eigenvalue weighted by Crippen LogP contribution is 2.03. The zero-order valence-electron chi connectivity index (χ0n) is 10.6. The highest BCUT2D eigenvalue weighted by Gasteiger charge is 2.05. The van der Waals surface area contributed by atoms with E-state index in [-0.39, 0.29) is 11.9 Å². The summed E-state index contributed by atoms with van der Waals surface area (Å²) in [6, 6.07) is 0. The predicted molar refractivity (Wildman–Crippen MR) is 65.5 cm³/mol. The van der Waals surface area contributed by atoms with E-state index in [0.717, 1.165) is 12.8 Å². The Morgan fingerprint density at radius 3 is 2.18 bits per heavy atom. The molecule has 0 aliphatic heterocycles. The Bertz CT molecular complexity index is 236. The summed E-state index contributed by atoms with van der Waals surface area (Å²) in [6.07, 6.45) is 5.55. The molecule has 0 saturated carbocycles. The summed E-state index contributed by atoms with van der Waals surface area (Å²) in [5.74, 6) is -0.398. The molecule has 0 atom stereocenters. The second kappa shape index (κ2) is 11.2. The monoisotopic (exact) mass is 242 g/mol. The van der Waals surface area contributed by atoms with Crippen LogP contribution in [0.25, 0.3) is 0 Å². The lowest BCUT2D eigenvalue weighted by Gasteiger charge is -2.04. The van der Waals surface area contributed by atoms with Gasteiger partial charge in [0.15, 0.2) is 0 Å². The Kier molecular flexibility index (Phi) is 10.3. The number of ether oxygens (including phenoxy) is 2. The van der Waals surface area contributed by atoms with Gasteiger partial charge >= 0.3 is 11.9 Å². The summed E-state index contributed by atoms with van der Waals surface area (Å²) >= 11 is 0. The minimum atomic E-state index is -0.202. The van der Waals surface area contributed by atoms with Crippen molar-refractivity contribution in [2.75, 3.05) is 13.2 Å². The van der Waals surface area contributed by atoms with Crippen LogP contribution in [0.4, 0.5) is 0 Å². The van der Waals surface area contributed by atoms with Crippen molar-refractivity contribution in [3.8, 4) is 0 Å². The largest absolute Gasteiger partial charge is 0.466 e. The molecular formula is C13H22O4. The average molecular weight is 242 g/mol.